The maximum Gasteiger partial charge on any atom is 0.253 e. The van der Waals surface area contributed by atoms with E-state index < -0.39 is 0 Å². The number of fused-ring (bicyclic) bond motifs is 1. The van der Waals surface area contributed by atoms with Gasteiger partial charge in [0, 0.05) is 63.3 Å². The van der Waals surface area contributed by atoms with Crippen molar-refractivity contribution in [1.29, 1.82) is 0 Å². The maximum absolute atomic E-state index is 12.7. The highest BCUT2D eigenvalue weighted by molar-refractivity contribution is 5.94. The van der Waals surface area contributed by atoms with Crippen LogP contribution >= 0.6 is 0 Å². The molecular formula is C22H25N3O3. The smallest absolute Gasteiger partial charge is 0.253 e. The molecule has 1 saturated heterocycles. The molecule has 146 valence electrons. The molecule has 3 heterocycles. The van der Waals surface area contributed by atoms with Crippen LogP contribution in [-0.4, -0.2) is 47.4 Å². The zero-order valence-corrected chi connectivity index (χ0v) is 16.1. The zero-order chi connectivity index (χ0) is 19.6. The van der Waals surface area contributed by atoms with Crippen LogP contribution in [0.2, 0.25) is 0 Å². The van der Waals surface area contributed by atoms with Gasteiger partial charge in [-0.15, -0.1) is 0 Å². The Bertz CT molecular complexity index is 860. The molecule has 6 nitrogen and oxygen atoms in total. The Morgan fingerprint density at radius 3 is 2.61 bits per heavy atom. The van der Waals surface area contributed by atoms with E-state index in [-0.39, 0.29) is 23.3 Å². The largest absolute Gasteiger partial charge is 0.487 e. The van der Waals surface area contributed by atoms with Crippen LogP contribution < -0.4 is 10.1 Å². The number of benzene rings is 1. The van der Waals surface area contributed by atoms with E-state index in [9.17, 15) is 9.59 Å². The summed E-state index contributed by atoms with van der Waals surface area (Å²) < 4.78 is 6.46. The minimum atomic E-state index is -0.317. The van der Waals surface area contributed by atoms with Crippen LogP contribution in [0.5, 0.6) is 5.75 Å². The number of hydrogen-bond donors (Lipinski definition) is 1. The number of hydrogen-bond acceptors (Lipinski definition) is 4. The van der Waals surface area contributed by atoms with Gasteiger partial charge >= 0.3 is 0 Å². The summed E-state index contributed by atoms with van der Waals surface area (Å²) in [7, 11) is 1.67. The van der Waals surface area contributed by atoms with Gasteiger partial charge in [-0.3, -0.25) is 14.6 Å². The number of nitrogens with one attached hydrogen (secondary N) is 1. The molecular weight excluding hydrogens is 354 g/mol. The van der Waals surface area contributed by atoms with Gasteiger partial charge in [-0.05, 0) is 30.2 Å². The second-order valence-corrected chi connectivity index (χ2v) is 7.63. The Labute approximate surface area is 164 Å². The van der Waals surface area contributed by atoms with Crippen LogP contribution in [0, 0.1) is 0 Å². The third-order valence-electron chi connectivity index (χ3n) is 5.90. The molecule has 2 aliphatic rings. The van der Waals surface area contributed by atoms with Gasteiger partial charge in [-0.25, -0.2) is 0 Å². The minimum absolute atomic E-state index is 0.0374. The van der Waals surface area contributed by atoms with Crippen molar-refractivity contribution >= 4 is 11.8 Å². The molecule has 1 atom stereocenters. The van der Waals surface area contributed by atoms with Crippen LogP contribution in [0.15, 0.2) is 48.8 Å². The summed E-state index contributed by atoms with van der Waals surface area (Å²) in [5.41, 5.74) is 1.45. The Morgan fingerprint density at radius 1 is 1.18 bits per heavy atom. The first kappa shape index (κ1) is 18.5. The number of nitrogens with zero attached hydrogens (tertiary/aromatic N) is 2. The van der Waals surface area contributed by atoms with E-state index in [1.165, 1.54) is 0 Å². The van der Waals surface area contributed by atoms with Crippen LogP contribution in [-0.2, 0) is 4.79 Å². The maximum atomic E-state index is 12.7. The summed E-state index contributed by atoms with van der Waals surface area (Å²) in [6.07, 6.45) is 6.07. The van der Waals surface area contributed by atoms with E-state index in [1.54, 1.807) is 31.6 Å². The fourth-order valence-electron chi connectivity index (χ4n) is 4.35. The van der Waals surface area contributed by atoms with Crippen molar-refractivity contribution in [2.75, 3.05) is 20.1 Å². The molecule has 2 aromatic rings. The van der Waals surface area contributed by atoms with Gasteiger partial charge in [0.15, 0.2) is 0 Å². The summed E-state index contributed by atoms with van der Waals surface area (Å²) >= 11 is 0. The number of pyridine rings is 1. The lowest BCUT2D eigenvalue weighted by atomic mass is 9.76. The van der Waals surface area contributed by atoms with Crippen molar-refractivity contribution < 1.29 is 14.3 Å². The molecule has 1 N–H and O–H groups in total. The first-order chi connectivity index (χ1) is 13.6. The molecule has 4 rings (SSSR count). The van der Waals surface area contributed by atoms with Gasteiger partial charge in [-0.2, -0.15) is 0 Å². The standard InChI is InChI=1S/C22H25N3O3/c1-23-20(26)14-17-15-22(28-19-5-3-2-4-18(17)19)8-12-25(13-9-22)21(27)16-6-10-24-11-7-16/h2-7,10-11,17H,8-9,12-15H2,1H3,(H,23,26). The number of para-hydroxylation sites is 1. The van der Waals surface area contributed by atoms with Gasteiger partial charge in [0.25, 0.3) is 5.91 Å². The van der Waals surface area contributed by atoms with Gasteiger partial charge in [0.1, 0.15) is 11.4 Å². The van der Waals surface area contributed by atoms with E-state index in [4.69, 9.17) is 4.74 Å². The number of likely N-dealkylation sites (tertiary alicyclic amines) is 1. The van der Waals surface area contributed by atoms with Crippen molar-refractivity contribution in [2.45, 2.75) is 37.2 Å². The molecule has 0 saturated carbocycles. The van der Waals surface area contributed by atoms with Gasteiger partial charge in [0.05, 0.1) is 0 Å². The highest BCUT2D eigenvalue weighted by Crippen LogP contribution is 2.46. The third kappa shape index (κ3) is 3.59. The molecule has 1 aromatic heterocycles. The topological polar surface area (TPSA) is 71.5 Å². The van der Waals surface area contributed by atoms with E-state index in [0.29, 0.717) is 25.1 Å². The quantitative estimate of drug-likeness (QED) is 0.890. The Balaban J connectivity index is 1.50. The molecule has 0 bridgehead atoms. The van der Waals surface area contributed by atoms with Crippen molar-refractivity contribution in [3.8, 4) is 5.75 Å². The predicted octanol–water partition coefficient (Wildman–Crippen LogP) is 2.76. The fraction of sp³-hybridized carbons (Fsp3) is 0.409. The summed E-state index contributed by atoms with van der Waals surface area (Å²) in [6, 6.07) is 11.5. The van der Waals surface area contributed by atoms with E-state index >= 15 is 0 Å². The van der Waals surface area contributed by atoms with Crippen LogP contribution in [0.3, 0.4) is 0 Å². The molecule has 0 radical (unpaired) electrons. The summed E-state index contributed by atoms with van der Waals surface area (Å²) in [5, 5.41) is 2.74. The highest BCUT2D eigenvalue weighted by atomic mass is 16.5. The Kier molecular flexibility index (Phi) is 5.03. The first-order valence-corrected chi connectivity index (χ1v) is 9.78. The van der Waals surface area contributed by atoms with E-state index in [2.05, 4.69) is 16.4 Å². The third-order valence-corrected chi connectivity index (χ3v) is 5.90. The second kappa shape index (κ2) is 7.62. The van der Waals surface area contributed by atoms with Crippen molar-refractivity contribution in [3.63, 3.8) is 0 Å². The summed E-state index contributed by atoms with van der Waals surface area (Å²) in [4.78, 5) is 30.6. The Hall–Kier alpha value is -2.89. The lowest BCUT2D eigenvalue weighted by Crippen LogP contribution is -2.52. The Morgan fingerprint density at radius 2 is 1.89 bits per heavy atom. The normalized spacial score (nSPS) is 20.2. The van der Waals surface area contributed by atoms with Crippen molar-refractivity contribution in [3.05, 3.63) is 59.9 Å². The number of amides is 2. The summed E-state index contributed by atoms with van der Waals surface area (Å²) in [5.74, 6) is 1.08. The molecule has 1 spiro atoms. The van der Waals surface area contributed by atoms with Crippen molar-refractivity contribution in [2.24, 2.45) is 0 Å². The fourth-order valence-corrected chi connectivity index (χ4v) is 4.35. The van der Waals surface area contributed by atoms with E-state index in [0.717, 1.165) is 30.6 Å². The number of carbonyl (C=O) groups excluding carboxylic acids is 2. The van der Waals surface area contributed by atoms with Gasteiger partial charge in [-0.1, -0.05) is 18.2 Å². The van der Waals surface area contributed by atoms with Gasteiger partial charge in [0.2, 0.25) is 5.91 Å². The van der Waals surface area contributed by atoms with Crippen LogP contribution in [0.4, 0.5) is 0 Å². The predicted molar refractivity (Wildman–Crippen MR) is 105 cm³/mol. The number of carbonyl (C=O) groups is 2. The SMILES string of the molecule is CNC(=O)CC1CC2(CCN(C(=O)c3ccncc3)CC2)Oc2ccccc21. The van der Waals surface area contributed by atoms with Crippen molar-refractivity contribution in [1.82, 2.24) is 15.2 Å². The molecule has 1 unspecified atom stereocenters. The van der Waals surface area contributed by atoms with Gasteiger partial charge < -0.3 is 15.0 Å². The summed E-state index contributed by atoms with van der Waals surface area (Å²) in [6.45, 7) is 1.30. The number of ether oxygens (including phenoxy) is 1. The highest BCUT2D eigenvalue weighted by Gasteiger charge is 2.44. The molecule has 6 heteroatoms. The van der Waals surface area contributed by atoms with Crippen LogP contribution in [0.1, 0.15) is 47.5 Å². The first-order valence-electron chi connectivity index (χ1n) is 9.78. The average Bonchev–Trinajstić information content (AvgIpc) is 2.74. The molecule has 2 aliphatic heterocycles. The number of rotatable bonds is 3. The zero-order valence-electron chi connectivity index (χ0n) is 16.1. The average molecular weight is 379 g/mol. The number of aromatic nitrogens is 1. The number of piperidine rings is 1. The van der Waals surface area contributed by atoms with Crippen LogP contribution in [0.25, 0.3) is 0 Å². The van der Waals surface area contributed by atoms with E-state index in [1.807, 2.05) is 23.1 Å². The minimum Gasteiger partial charge on any atom is -0.487 e. The second-order valence-electron chi connectivity index (χ2n) is 7.63. The molecule has 1 fully saturated rings. The molecule has 0 aliphatic carbocycles. The lowest BCUT2D eigenvalue weighted by Gasteiger charge is -2.47. The molecule has 1 aromatic carbocycles. The molecule has 28 heavy (non-hydrogen) atoms. The molecule has 2 amide bonds. The lowest BCUT2D eigenvalue weighted by molar-refractivity contribution is -0.121. The monoisotopic (exact) mass is 379 g/mol.